The molecule has 0 aliphatic rings. The number of methoxy groups -OCH3 is 1. The lowest BCUT2D eigenvalue weighted by atomic mass is 9.84. The summed E-state index contributed by atoms with van der Waals surface area (Å²) >= 11 is 0. The van der Waals surface area contributed by atoms with Crippen LogP contribution in [0.2, 0.25) is 0 Å². The van der Waals surface area contributed by atoms with Crippen LogP contribution >= 0.6 is 0 Å². The van der Waals surface area contributed by atoms with Gasteiger partial charge in [0.1, 0.15) is 0 Å². The van der Waals surface area contributed by atoms with Crippen molar-refractivity contribution in [1.82, 2.24) is 0 Å². The number of carbonyl (C=O) groups excluding carboxylic acids is 1. The molecular formula is C15H18O3. The second kappa shape index (κ2) is 6.23. The highest BCUT2D eigenvalue weighted by Crippen LogP contribution is 2.25. The van der Waals surface area contributed by atoms with Crippen LogP contribution in [0.15, 0.2) is 24.3 Å². The van der Waals surface area contributed by atoms with Gasteiger partial charge in [0.05, 0.1) is 19.1 Å². The molecule has 0 saturated heterocycles. The first-order valence-electron chi connectivity index (χ1n) is 5.81. The lowest BCUT2D eigenvalue weighted by Gasteiger charge is -2.22. The highest BCUT2D eigenvalue weighted by Gasteiger charge is 2.30. The van der Waals surface area contributed by atoms with Crippen molar-refractivity contribution >= 4 is 5.97 Å². The third-order valence-corrected chi connectivity index (χ3v) is 2.75. The number of ether oxygens (including phenoxy) is 1. The van der Waals surface area contributed by atoms with Crippen molar-refractivity contribution in [2.75, 3.05) is 13.7 Å². The van der Waals surface area contributed by atoms with Crippen LogP contribution in [0.25, 0.3) is 0 Å². The van der Waals surface area contributed by atoms with Crippen molar-refractivity contribution in [3.63, 3.8) is 0 Å². The smallest absolute Gasteiger partial charge is 0.315 e. The van der Waals surface area contributed by atoms with Gasteiger partial charge in [-0.25, -0.2) is 0 Å². The Labute approximate surface area is 108 Å². The highest BCUT2D eigenvalue weighted by atomic mass is 16.5. The van der Waals surface area contributed by atoms with Gasteiger partial charge in [-0.2, -0.15) is 0 Å². The van der Waals surface area contributed by atoms with E-state index < -0.39 is 5.41 Å². The number of aliphatic hydroxyl groups excluding tert-OH is 1. The minimum atomic E-state index is -0.691. The van der Waals surface area contributed by atoms with Crippen LogP contribution < -0.4 is 0 Å². The molecule has 0 radical (unpaired) electrons. The topological polar surface area (TPSA) is 46.5 Å². The van der Waals surface area contributed by atoms with Crippen molar-refractivity contribution in [1.29, 1.82) is 0 Å². The summed E-state index contributed by atoms with van der Waals surface area (Å²) in [7, 11) is 1.38. The van der Waals surface area contributed by atoms with Gasteiger partial charge in [0.25, 0.3) is 0 Å². The van der Waals surface area contributed by atoms with Crippen LogP contribution in [-0.2, 0) is 14.9 Å². The molecule has 0 unspecified atom stereocenters. The van der Waals surface area contributed by atoms with E-state index in [9.17, 15) is 4.79 Å². The summed E-state index contributed by atoms with van der Waals surface area (Å²) in [6, 6.07) is 7.50. The average molecular weight is 246 g/mol. The molecule has 0 heterocycles. The maximum absolute atomic E-state index is 11.7. The maximum Gasteiger partial charge on any atom is 0.315 e. The fraction of sp³-hybridized carbons (Fsp3) is 0.400. The summed E-state index contributed by atoms with van der Waals surface area (Å²) in [4.78, 5) is 11.7. The molecule has 1 rings (SSSR count). The van der Waals surface area contributed by atoms with E-state index in [1.807, 2.05) is 38.1 Å². The summed E-state index contributed by atoms with van der Waals surface area (Å²) in [6.45, 7) is 3.69. The van der Waals surface area contributed by atoms with Crippen molar-refractivity contribution in [3.05, 3.63) is 35.4 Å². The normalized spacial score (nSPS) is 10.4. The summed E-state index contributed by atoms with van der Waals surface area (Å²) in [5, 5.41) is 8.67. The van der Waals surface area contributed by atoms with E-state index in [1.165, 1.54) is 7.11 Å². The first-order chi connectivity index (χ1) is 8.52. The molecule has 3 heteroatoms. The summed E-state index contributed by atoms with van der Waals surface area (Å²) < 4.78 is 4.80. The van der Waals surface area contributed by atoms with E-state index >= 15 is 0 Å². The van der Waals surface area contributed by atoms with E-state index in [0.29, 0.717) is 6.42 Å². The predicted molar refractivity (Wildman–Crippen MR) is 70.1 cm³/mol. The Kier molecular flexibility index (Phi) is 4.94. The lowest BCUT2D eigenvalue weighted by Crippen LogP contribution is -2.30. The fourth-order valence-electron chi connectivity index (χ4n) is 1.58. The standard InChI is InChI=1S/C15H18O3/c1-15(2,14(17)18-3)13-9-6-8-12(11-13)7-4-5-10-16/h6,8-9,11,16H,5,10H2,1-3H3. The van der Waals surface area contributed by atoms with Crippen LogP contribution in [0.4, 0.5) is 0 Å². The van der Waals surface area contributed by atoms with Crippen molar-refractivity contribution in [2.45, 2.75) is 25.7 Å². The molecule has 0 saturated carbocycles. The molecule has 0 fully saturated rings. The van der Waals surface area contributed by atoms with E-state index in [4.69, 9.17) is 9.84 Å². The van der Waals surface area contributed by atoms with Gasteiger partial charge in [-0.15, -0.1) is 0 Å². The molecule has 0 aromatic heterocycles. The fourth-order valence-corrected chi connectivity index (χ4v) is 1.58. The lowest BCUT2D eigenvalue weighted by molar-refractivity contribution is -0.146. The molecule has 1 aromatic carbocycles. The van der Waals surface area contributed by atoms with Crippen LogP contribution in [0.3, 0.4) is 0 Å². The number of benzene rings is 1. The van der Waals surface area contributed by atoms with Crippen LogP contribution in [0.1, 0.15) is 31.4 Å². The van der Waals surface area contributed by atoms with E-state index in [-0.39, 0.29) is 12.6 Å². The molecular weight excluding hydrogens is 228 g/mol. The quantitative estimate of drug-likeness (QED) is 0.654. The summed E-state index contributed by atoms with van der Waals surface area (Å²) in [5.41, 5.74) is 1.01. The van der Waals surface area contributed by atoms with Gasteiger partial charge in [-0.1, -0.05) is 24.0 Å². The number of hydrogen-bond donors (Lipinski definition) is 1. The summed E-state index contributed by atoms with van der Waals surface area (Å²) in [6.07, 6.45) is 0.449. The molecule has 0 spiro atoms. The number of aliphatic hydroxyl groups is 1. The zero-order valence-electron chi connectivity index (χ0n) is 11.0. The Morgan fingerprint density at radius 3 is 2.78 bits per heavy atom. The minimum absolute atomic E-state index is 0.0559. The zero-order valence-corrected chi connectivity index (χ0v) is 11.0. The molecule has 3 nitrogen and oxygen atoms in total. The van der Waals surface area contributed by atoms with Gasteiger partial charge in [0.15, 0.2) is 0 Å². The van der Waals surface area contributed by atoms with Crippen molar-refractivity contribution in [2.24, 2.45) is 0 Å². The molecule has 0 aliphatic heterocycles. The van der Waals surface area contributed by atoms with Crippen LogP contribution in [0.5, 0.6) is 0 Å². The Morgan fingerprint density at radius 2 is 2.17 bits per heavy atom. The molecule has 0 aliphatic carbocycles. The molecule has 0 atom stereocenters. The van der Waals surface area contributed by atoms with E-state index in [1.54, 1.807) is 0 Å². The largest absolute Gasteiger partial charge is 0.468 e. The van der Waals surface area contributed by atoms with Gasteiger partial charge in [0, 0.05) is 12.0 Å². The van der Waals surface area contributed by atoms with Gasteiger partial charge in [-0.05, 0) is 31.5 Å². The average Bonchev–Trinajstić information content (AvgIpc) is 2.38. The van der Waals surface area contributed by atoms with Crippen molar-refractivity contribution < 1.29 is 14.6 Å². The molecule has 0 bridgehead atoms. The third kappa shape index (κ3) is 3.35. The number of carbonyl (C=O) groups is 1. The molecule has 96 valence electrons. The van der Waals surface area contributed by atoms with Gasteiger partial charge in [-0.3, -0.25) is 4.79 Å². The molecule has 18 heavy (non-hydrogen) atoms. The Bertz CT molecular complexity index is 478. The first-order valence-corrected chi connectivity index (χ1v) is 5.81. The van der Waals surface area contributed by atoms with Gasteiger partial charge in [0.2, 0.25) is 0 Å². The van der Waals surface area contributed by atoms with E-state index in [2.05, 4.69) is 11.8 Å². The number of hydrogen-bond acceptors (Lipinski definition) is 3. The Hall–Kier alpha value is -1.79. The predicted octanol–water partition coefficient (Wildman–Crippen LogP) is 1.87. The Morgan fingerprint density at radius 1 is 1.44 bits per heavy atom. The van der Waals surface area contributed by atoms with E-state index in [0.717, 1.165) is 11.1 Å². The van der Waals surface area contributed by atoms with Crippen molar-refractivity contribution in [3.8, 4) is 11.8 Å². The second-order valence-electron chi connectivity index (χ2n) is 4.47. The van der Waals surface area contributed by atoms with Gasteiger partial charge < -0.3 is 9.84 Å². The van der Waals surface area contributed by atoms with Gasteiger partial charge >= 0.3 is 5.97 Å². The number of rotatable bonds is 3. The second-order valence-corrected chi connectivity index (χ2v) is 4.47. The third-order valence-electron chi connectivity index (χ3n) is 2.75. The first kappa shape index (κ1) is 14.3. The van der Waals surface area contributed by atoms with Crippen LogP contribution in [0, 0.1) is 11.8 Å². The number of esters is 1. The maximum atomic E-state index is 11.7. The monoisotopic (exact) mass is 246 g/mol. The van der Waals surface area contributed by atoms with Crippen LogP contribution in [-0.4, -0.2) is 24.8 Å². The minimum Gasteiger partial charge on any atom is -0.468 e. The molecule has 0 amide bonds. The highest BCUT2D eigenvalue weighted by molar-refractivity contribution is 5.82. The zero-order chi connectivity index (χ0) is 13.6. The molecule has 1 aromatic rings. The molecule has 1 N–H and O–H groups in total. The summed E-state index contributed by atoms with van der Waals surface area (Å²) in [5.74, 6) is 5.53. The Balaban J connectivity index is 3.02. The SMILES string of the molecule is COC(=O)C(C)(C)c1cccc(C#CCCO)c1.